The molecule has 5 nitrogen and oxygen atoms in total. The third kappa shape index (κ3) is 2.97. The van der Waals surface area contributed by atoms with Gasteiger partial charge in [0.05, 0.1) is 11.9 Å². The summed E-state index contributed by atoms with van der Waals surface area (Å²) >= 11 is 1.73. The van der Waals surface area contributed by atoms with Crippen LogP contribution in [-0.4, -0.2) is 28.2 Å². The molecule has 6 heteroatoms. The van der Waals surface area contributed by atoms with Crippen molar-refractivity contribution in [1.29, 1.82) is 0 Å². The van der Waals surface area contributed by atoms with E-state index in [1.165, 1.54) is 10.1 Å². The predicted octanol–water partition coefficient (Wildman–Crippen LogP) is 3.55. The van der Waals surface area contributed by atoms with E-state index < -0.39 is 6.29 Å². The summed E-state index contributed by atoms with van der Waals surface area (Å²) in [4.78, 5) is 0. The first-order chi connectivity index (χ1) is 10.3. The average molecular weight is 303 g/mol. The Balaban J connectivity index is 1.89. The van der Waals surface area contributed by atoms with Crippen LogP contribution in [0.15, 0.2) is 35.8 Å². The summed E-state index contributed by atoms with van der Waals surface area (Å²) in [5, 5.41) is 11.6. The maximum atomic E-state index is 5.54. The quantitative estimate of drug-likeness (QED) is 0.653. The number of hydrogen-bond donors (Lipinski definition) is 0. The lowest BCUT2D eigenvalue weighted by Gasteiger charge is -2.13. The highest BCUT2D eigenvalue weighted by Crippen LogP contribution is 2.24. The predicted molar refractivity (Wildman–Crippen MR) is 82.7 cm³/mol. The second-order valence-corrected chi connectivity index (χ2v) is 5.42. The molecule has 1 aromatic carbocycles. The van der Waals surface area contributed by atoms with Gasteiger partial charge in [-0.25, -0.2) is 4.68 Å². The van der Waals surface area contributed by atoms with Crippen molar-refractivity contribution in [2.75, 3.05) is 13.2 Å². The molecule has 3 aromatic rings. The summed E-state index contributed by atoms with van der Waals surface area (Å²) < 4.78 is 14.1. The zero-order valence-electron chi connectivity index (χ0n) is 12.0. The normalized spacial score (nSPS) is 11.6. The second-order valence-electron chi connectivity index (χ2n) is 4.47. The van der Waals surface area contributed by atoms with Crippen molar-refractivity contribution >= 4 is 21.4 Å². The van der Waals surface area contributed by atoms with Crippen LogP contribution >= 0.6 is 11.3 Å². The van der Waals surface area contributed by atoms with Crippen molar-refractivity contribution < 1.29 is 9.47 Å². The van der Waals surface area contributed by atoms with Crippen LogP contribution in [0.1, 0.15) is 25.8 Å². The molecule has 0 spiro atoms. The Bertz CT molecular complexity index is 716. The minimum atomic E-state index is -0.460. The van der Waals surface area contributed by atoms with E-state index in [0.717, 1.165) is 5.69 Å². The maximum absolute atomic E-state index is 5.54. The van der Waals surface area contributed by atoms with Crippen LogP contribution in [0.25, 0.3) is 15.8 Å². The third-order valence-corrected chi connectivity index (χ3v) is 3.99. The topological polar surface area (TPSA) is 49.2 Å². The molecule has 0 atom stereocenters. The van der Waals surface area contributed by atoms with E-state index in [0.29, 0.717) is 18.9 Å². The van der Waals surface area contributed by atoms with Gasteiger partial charge in [-0.3, -0.25) is 0 Å². The summed E-state index contributed by atoms with van der Waals surface area (Å²) in [5.41, 5.74) is 1.66. The van der Waals surface area contributed by atoms with Crippen LogP contribution in [0.5, 0.6) is 0 Å². The standard InChI is InChI=1S/C15H17N3O2S/c1-3-19-15(20-4-2)13-10-18(17-16-13)12-5-6-14-11(9-12)7-8-21-14/h5-10,15H,3-4H2,1-2H3. The van der Waals surface area contributed by atoms with E-state index in [2.05, 4.69) is 33.9 Å². The fraction of sp³-hybridized carbons (Fsp3) is 0.333. The number of thiophene rings is 1. The number of aromatic nitrogens is 3. The van der Waals surface area contributed by atoms with E-state index in [9.17, 15) is 0 Å². The SMILES string of the molecule is CCOC(OCC)c1cn(-c2ccc3sccc3c2)nn1. The van der Waals surface area contributed by atoms with Gasteiger partial charge in [0.2, 0.25) is 6.29 Å². The number of rotatable bonds is 6. The fourth-order valence-corrected chi connectivity index (χ4v) is 2.90. The third-order valence-electron chi connectivity index (χ3n) is 3.09. The van der Waals surface area contributed by atoms with E-state index in [-0.39, 0.29) is 0 Å². The molecule has 0 saturated carbocycles. The Hall–Kier alpha value is -1.76. The zero-order chi connectivity index (χ0) is 14.7. The Kier molecular flexibility index (Phi) is 4.28. The van der Waals surface area contributed by atoms with E-state index in [1.54, 1.807) is 16.0 Å². The van der Waals surface area contributed by atoms with Crippen molar-refractivity contribution in [3.63, 3.8) is 0 Å². The Morgan fingerprint density at radius 2 is 2.00 bits per heavy atom. The van der Waals surface area contributed by atoms with Crippen LogP contribution in [0, 0.1) is 0 Å². The van der Waals surface area contributed by atoms with Gasteiger partial charge in [0, 0.05) is 17.9 Å². The van der Waals surface area contributed by atoms with Crippen LogP contribution in [0.3, 0.4) is 0 Å². The molecular weight excluding hydrogens is 286 g/mol. The molecule has 21 heavy (non-hydrogen) atoms. The van der Waals surface area contributed by atoms with Gasteiger partial charge in [-0.1, -0.05) is 5.21 Å². The number of benzene rings is 1. The zero-order valence-corrected chi connectivity index (χ0v) is 12.8. The molecule has 0 aliphatic heterocycles. The molecule has 0 radical (unpaired) electrons. The second kappa shape index (κ2) is 6.34. The van der Waals surface area contributed by atoms with Gasteiger partial charge >= 0.3 is 0 Å². The molecule has 0 aliphatic carbocycles. The molecule has 3 rings (SSSR count). The highest BCUT2D eigenvalue weighted by atomic mass is 32.1. The lowest BCUT2D eigenvalue weighted by molar-refractivity contribution is -0.142. The van der Waals surface area contributed by atoms with Crippen molar-refractivity contribution in [3.05, 3.63) is 41.5 Å². The van der Waals surface area contributed by atoms with E-state index >= 15 is 0 Å². The molecule has 2 heterocycles. The highest BCUT2D eigenvalue weighted by molar-refractivity contribution is 7.17. The van der Waals surface area contributed by atoms with Crippen LogP contribution in [-0.2, 0) is 9.47 Å². The maximum Gasteiger partial charge on any atom is 0.204 e. The van der Waals surface area contributed by atoms with Gasteiger partial charge in [0.25, 0.3) is 0 Å². The van der Waals surface area contributed by atoms with E-state index in [1.807, 2.05) is 26.1 Å². The molecule has 110 valence electrons. The van der Waals surface area contributed by atoms with Gasteiger partial charge in [-0.2, -0.15) is 0 Å². The summed E-state index contributed by atoms with van der Waals surface area (Å²) in [6.45, 7) is 5.00. The van der Waals surface area contributed by atoms with Crippen molar-refractivity contribution in [2.24, 2.45) is 0 Å². The number of hydrogen-bond acceptors (Lipinski definition) is 5. The molecule has 0 unspecified atom stereocenters. The summed E-state index contributed by atoms with van der Waals surface area (Å²) in [6, 6.07) is 8.33. The Morgan fingerprint density at radius 1 is 1.19 bits per heavy atom. The van der Waals surface area contributed by atoms with E-state index in [4.69, 9.17) is 9.47 Å². The minimum absolute atomic E-state index is 0.460. The highest BCUT2D eigenvalue weighted by Gasteiger charge is 2.16. The summed E-state index contributed by atoms with van der Waals surface area (Å²) in [6.07, 6.45) is 1.39. The smallest absolute Gasteiger partial charge is 0.204 e. The monoisotopic (exact) mass is 303 g/mol. The lowest BCUT2D eigenvalue weighted by atomic mass is 10.2. The molecule has 0 N–H and O–H groups in total. The molecular formula is C15H17N3O2S. The molecule has 0 saturated heterocycles. The largest absolute Gasteiger partial charge is 0.347 e. The van der Waals surface area contributed by atoms with Gasteiger partial charge in [0.15, 0.2) is 0 Å². The van der Waals surface area contributed by atoms with Gasteiger partial charge in [-0.05, 0) is 48.9 Å². The van der Waals surface area contributed by atoms with Crippen molar-refractivity contribution in [1.82, 2.24) is 15.0 Å². The lowest BCUT2D eigenvalue weighted by Crippen LogP contribution is -2.09. The first-order valence-electron chi connectivity index (χ1n) is 6.95. The first-order valence-corrected chi connectivity index (χ1v) is 7.83. The van der Waals surface area contributed by atoms with Crippen LogP contribution < -0.4 is 0 Å². The molecule has 0 amide bonds. The summed E-state index contributed by atoms with van der Waals surface area (Å²) in [7, 11) is 0. The van der Waals surface area contributed by atoms with Crippen LogP contribution in [0.4, 0.5) is 0 Å². The number of fused-ring (bicyclic) bond motifs is 1. The van der Waals surface area contributed by atoms with Crippen molar-refractivity contribution in [2.45, 2.75) is 20.1 Å². The Morgan fingerprint density at radius 3 is 2.76 bits per heavy atom. The van der Waals surface area contributed by atoms with Gasteiger partial charge in [-0.15, -0.1) is 16.4 Å². The van der Waals surface area contributed by atoms with Gasteiger partial charge < -0.3 is 9.47 Å². The first kappa shape index (κ1) is 14.2. The summed E-state index contributed by atoms with van der Waals surface area (Å²) in [5.74, 6) is 0. The Labute approximate surface area is 127 Å². The fourth-order valence-electron chi connectivity index (χ4n) is 2.13. The van der Waals surface area contributed by atoms with Crippen LogP contribution in [0.2, 0.25) is 0 Å². The number of nitrogens with zero attached hydrogens (tertiary/aromatic N) is 3. The molecule has 0 fully saturated rings. The molecule has 0 bridgehead atoms. The minimum Gasteiger partial charge on any atom is -0.347 e. The number of ether oxygens (including phenoxy) is 2. The molecule has 2 aromatic heterocycles. The van der Waals surface area contributed by atoms with Crippen molar-refractivity contribution in [3.8, 4) is 5.69 Å². The molecule has 0 aliphatic rings. The van der Waals surface area contributed by atoms with Gasteiger partial charge in [0.1, 0.15) is 5.69 Å². The average Bonchev–Trinajstić information content (AvgIpc) is 3.15.